The summed E-state index contributed by atoms with van der Waals surface area (Å²) in [6, 6.07) is 11.2. The molecule has 0 atom stereocenters. The predicted octanol–water partition coefficient (Wildman–Crippen LogP) is 2.48. The van der Waals surface area contributed by atoms with Crippen LogP contribution in [0.4, 0.5) is 10.1 Å². The van der Waals surface area contributed by atoms with Crippen LogP contribution in [-0.2, 0) is 11.3 Å². The lowest BCUT2D eigenvalue weighted by atomic mass is 10.2. The highest BCUT2D eigenvalue weighted by molar-refractivity contribution is 5.92. The minimum atomic E-state index is -0.433. The highest BCUT2D eigenvalue weighted by Gasteiger charge is 2.10. The molecule has 0 aliphatic heterocycles. The molecule has 1 heterocycles. The molecule has 0 bridgehead atoms. The average molecular weight is 311 g/mol. The topological polar surface area (TPSA) is 64.0 Å². The Labute approximate surface area is 131 Å². The first-order chi connectivity index (χ1) is 11.0. The molecular formula is C17H14FN3O2. The summed E-state index contributed by atoms with van der Waals surface area (Å²) in [5, 5.41) is 2.63. The highest BCUT2D eigenvalue weighted by Crippen LogP contribution is 2.16. The fourth-order valence-corrected chi connectivity index (χ4v) is 2.34. The van der Waals surface area contributed by atoms with E-state index in [4.69, 9.17) is 0 Å². The summed E-state index contributed by atoms with van der Waals surface area (Å²) in [6.45, 7) is 1.60. The van der Waals surface area contributed by atoms with Gasteiger partial charge in [0.05, 0.1) is 17.2 Å². The van der Waals surface area contributed by atoms with Gasteiger partial charge in [0.1, 0.15) is 12.4 Å². The van der Waals surface area contributed by atoms with Crippen LogP contribution in [0.15, 0.2) is 53.5 Å². The number of rotatable bonds is 3. The molecule has 0 fully saturated rings. The van der Waals surface area contributed by atoms with Crippen LogP contribution in [-0.4, -0.2) is 15.5 Å². The van der Waals surface area contributed by atoms with Gasteiger partial charge in [-0.05, 0) is 36.8 Å². The van der Waals surface area contributed by atoms with Crippen molar-refractivity contribution in [2.75, 3.05) is 5.32 Å². The van der Waals surface area contributed by atoms with Gasteiger partial charge in [0.15, 0.2) is 0 Å². The largest absolute Gasteiger partial charge is 0.324 e. The Balaban J connectivity index is 1.90. The van der Waals surface area contributed by atoms with Crippen molar-refractivity contribution in [1.29, 1.82) is 0 Å². The van der Waals surface area contributed by atoms with E-state index in [1.54, 1.807) is 37.3 Å². The molecule has 0 spiro atoms. The number of amides is 1. The summed E-state index contributed by atoms with van der Waals surface area (Å²) >= 11 is 0. The molecule has 0 radical (unpaired) electrons. The third-order valence-corrected chi connectivity index (χ3v) is 3.53. The number of nitrogens with one attached hydrogen (secondary N) is 1. The minimum absolute atomic E-state index is 0.169. The Hall–Kier alpha value is -3.02. The van der Waals surface area contributed by atoms with E-state index in [0.717, 1.165) is 5.56 Å². The van der Waals surface area contributed by atoms with E-state index < -0.39 is 11.7 Å². The lowest BCUT2D eigenvalue weighted by molar-refractivity contribution is -0.116. The summed E-state index contributed by atoms with van der Waals surface area (Å²) < 4.78 is 14.6. The third-order valence-electron chi connectivity index (χ3n) is 3.53. The molecule has 23 heavy (non-hydrogen) atoms. The number of anilines is 1. The Bertz CT molecular complexity index is 950. The van der Waals surface area contributed by atoms with Crippen molar-refractivity contribution in [2.24, 2.45) is 0 Å². The van der Waals surface area contributed by atoms with Gasteiger partial charge >= 0.3 is 0 Å². The molecule has 3 aromatic rings. The maximum absolute atomic E-state index is 13.3. The van der Waals surface area contributed by atoms with Crippen molar-refractivity contribution >= 4 is 22.6 Å². The van der Waals surface area contributed by atoms with Crippen LogP contribution < -0.4 is 10.9 Å². The maximum Gasteiger partial charge on any atom is 0.269 e. The number of aromatic nitrogens is 2. The van der Waals surface area contributed by atoms with Gasteiger partial charge in [-0.2, -0.15) is 0 Å². The van der Waals surface area contributed by atoms with E-state index in [9.17, 15) is 14.0 Å². The van der Waals surface area contributed by atoms with Gasteiger partial charge in [-0.25, -0.2) is 9.37 Å². The molecule has 0 saturated carbocycles. The highest BCUT2D eigenvalue weighted by atomic mass is 19.1. The SMILES string of the molecule is Cc1ccc(F)cc1NC(=O)Cn1c(=O)cnc2ccccc21. The second kappa shape index (κ2) is 6.00. The van der Waals surface area contributed by atoms with Crippen LogP contribution in [0, 0.1) is 12.7 Å². The molecule has 5 nitrogen and oxygen atoms in total. The van der Waals surface area contributed by atoms with Crippen molar-refractivity contribution in [3.05, 3.63) is 70.4 Å². The number of halogens is 1. The van der Waals surface area contributed by atoms with Crippen molar-refractivity contribution < 1.29 is 9.18 Å². The van der Waals surface area contributed by atoms with Crippen LogP contribution in [0.2, 0.25) is 0 Å². The molecule has 1 amide bonds. The molecule has 0 unspecified atom stereocenters. The van der Waals surface area contributed by atoms with E-state index in [1.165, 1.54) is 22.9 Å². The van der Waals surface area contributed by atoms with Crippen LogP contribution in [0.1, 0.15) is 5.56 Å². The van der Waals surface area contributed by atoms with Gasteiger partial charge in [0, 0.05) is 5.69 Å². The zero-order chi connectivity index (χ0) is 16.4. The quantitative estimate of drug-likeness (QED) is 0.808. The second-order valence-corrected chi connectivity index (χ2v) is 5.18. The fraction of sp³-hybridized carbons (Fsp3) is 0.118. The van der Waals surface area contributed by atoms with Crippen LogP contribution in [0.3, 0.4) is 0 Å². The van der Waals surface area contributed by atoms with Crippen LogP contribution in [0.5, 0.6) is 0 Å². The molecular weight excluding hydrogens is 297 g/mol. The Morgan fingerprint density at radius 1 is 1.26 bits per heavy atom. The van der Waals surface area contributed by atoms with E-state index in [0.29, 0.717) is 16.7 Å². The molecule has 0 aliphatic rings. The Morgan fingerprint density at radius 2 is 2.04 bits per heavy atom. The number of hydrogen-bond acceptors (Lipinski definition) is 3. The van der Waals surface area contributed by atoms with Crippen LogP contribution >= 0.6 is 0 Å². The monoisotopic (exact) mass is 311 g/mol. The molecule has 0 saturated heterocycles. The van der Waals surface area contributed by atoms with Gasteiger partial charge in [-0.1, -0.05) is 18.2 Å². The number of carbonyl (C=O) groups is 1. The molecule has 116 valence electrons. The first-order valence-electron chi connectivity index (χ1n) is 7.05. The Kier molecular flexibility index (Phi) is 3.89. The summed E-state index contributed by atoms with van der Waals surface area (Å²) in [6.07, 6.45) is 1.18. The van der Waals surface area contributed by atoms with Gasteiger partial charge in [0.25, 0.3) is 5.56 Å². The molecule has 2 aromatic carbocycles. The van der Waals surface area contributed by atoms with E-state index in [2.05, 4.69) is 10.3 Å². The number of carbonyl (C=O) groups excluding carboxylic acids is 1. The molecule has 6 heteroatoms. The molecule has 1 N–H and O–H groups in total. The molecule has 0 aliphatic carbocycles. The van der Waals surface area contributed by atoms with Crippen molar-refractivity contribution in [3.8, 4) is 0 Å². The minimum Gasteiger partial charge on any atom is -0.324 e. The van der Waals surface area contributed by atoms with Crippen molar-refractivity contribution in [2.45, 2.75) is 13.5 Å². The van der Waals surface area contributed by atoms with Gasteiger partial charge in [-0.3, -0.25) is 14.2 Å². The maximum atomic E-state index is 13.3. The van der Waals surface area contributed by atoms with Gasteiger partial charge in [-0.15, -0.1) is 0 Å². The summed E-state index contributed by atoms with van der Waals surface area (Å²) in [5.74, 6) is -0.838. The Morgan fingerprint density at radius 3 is 2.87 bits per heavy atom. The van der Waals surface area contributed by atoms with Gasteiger partial charge in [0.2, 0.25) is 5.91 Å². The summed E-state index contributed by atoms with van der Waals surface area (Å²) in [7, 11) is 0. The lowest BCUT2D eigenvalue weighted by Crippen LogP contribution is -2.28. The summed E-state index contributed by atoms with van der Waals surface area (Å²) in [4.78, 5) is 28.3. The smallest absolute Gasteiger partial charge is 0.269 e. The number of nitrogens with zero attached hydrogens (tertiary/aromatic N) is 2. The van der Waals surface area contributed by atoms with E-state index >= 15 is 0 Å². The zero-order valence-electron chi connectivity index (χ0n) is 12.4. The first kappa shape index (κ1) is 14.9. The number of hydrogen-bond donors (Lipinski definition) is 1. The number of aryl methyl sites for hydroxylation is 1. The van der Waals surface area contributed by atoms with Crippen molar-refractivity contribution in [1.82, 2.24) is 9.55 Å². The normalized spacial score (nSPS) is 10.7. The van der Waals surface area contributed by atoms with Crippen LogP contribution in [0.25, 0.3) is 11.0 Å². The predicted molar refractivity (Wildman–Crippen MR) is 85.8 cm³/mol. The fourth-order valence-electron chi connectivity index (χ4n) is 2.34. The second-order valence-electron chi connectivity index (χ2n) is 5.18. The number of fused-ring (bicyclic) bond motifs is 1. The van der Waals surface area contributed by atoms with E-state index in [1.807, 2.05) is 0 Å². The van der Waals surface area contributed by atoms with Crippen molar-refractivity contribution in [3.63, 3.8) is 0 Å². The standard InChI is InChI=1S/C17H14FN3O2/c1-11-6-7-12(18)8-14(11)20-16(22)10-21-15-5-3-2-4-13(15)19-9-17(21)23/h2-9H,10H2,1H3,(H,20,22). The lowest BCUT2D eigenvalue weighted by Gasteiger charge is -2.11. The number of benzene rings is 2. The summed E-state index contributed by atoms with van der Waals surface area (Å²) in [5.41, 5.74) is 1.97. The molecule has 1 aromatic heterocycles. The zero-order valence-corrected chi connectivity index (χ0v) is 12.4. The van der Waals surface area contributed by atoms with Gasteiger partial charge < -0.3 is 5.32 Å². The third kappa shape index (κ3) is 3.11. The average Bonchev–Trinajstić information content (AvgIpc) is 2.54. The number of para-hydroxylation sites is 2. The molecule has 3 rings (SSSR count). The first-order valence-corrected chi connectivity index (χ1v) is 7.05. The van der Waals surface area contributed by atoms with E-state index in [-0.39, 0.29) is 12.1 Å².